The van der Waals surface area contributed by atoms with Crippen LogP contribution in [0.2, 0.25) is 10.0 Å². The predicted molar refractivity (Wildman–Crippen MR) is 120 cm³/mol. The lowest BCUT2D eigenvalue weighted by Gasteiger charge is -2.15. The summed E-state index contributed by atoms with van der Waals surface area (Å²) in [7, 11) is 1.50. The fraction of sp³-hybridized carbons (Fsp3) is 0.0455. The van der Waals surface area contributed by atoms with Gasteiger partial charge in [-0.3, -0.25) is 9.55 Å². The quantitative estimate of drug-likeness (QED) is 0.384. The van der Waals surface area contributed by atoms with Crippen LogP contribution in [0.25, 0.3) is 22.2 Å². The standard InChI is InChI=1S/C22H14Cl2N4O3/c1-31-20-9-18(15(23)8-16(20)24)27-21-13(10-25)11-26-17-7-12(4-5-14(17)21)19-3-2-6-28(19)22(29)30/h2-9,11H,1H3,(H,26,27)(H,29,30). The summed E-state index contributed by atoms with van der Waals surface area (Å²) in [6, 6.07) is 14.0. The fourth-order valence-electron chi connectivity index (χ4n) is 3.27. The van der Waals surface area contributed by atoms with Crippen LogP contribution in [0.3, 0.4) is 0 Å². The van der Waals surface area contributed by atoms with Crippen molar-refractivity contribution < 1.29 is 14.6 Å². The number of benzene rings is 2. The van der Waals surface area contributed by atoms with Crippen molar-refractivity contribution >= 4 is 51.6 Å². The van der Waals surface area contributed by atoms with Crippen molar-refractivity contribution in [1.82, 2.24) is 9.55 Å². The first-order valence-corrected chi connectivity index (χ1v) is 9.72. The van der Waals surface area contributed by atoms with Gasteiger partial charge >= 0.3 is 6.09 Å². The van der Waals surface area contributed by atoms with Gasteiger partial charge in [0, 0.05) is 29.4 Å². The molecule has 0 unspecified atom stereocenters. The van der Waals surface area contributed by atoms with Crippen molar-refractivity contribution in [3.05, 3.63) is 70.5 Å². The van der Waals surface area contributed by atoms with Gasteiger partial charge in [0.2, 0.25) is 0 Å². The monoisotopic (exact) mass is 452 g/mol. The lowest BCUT2D eigenvalue weighted by molar-refractivity contribution is 0.197. The van der Waals surface area contributed by atoms with E-state index in [9.17, 15) is 15.2 Å². The molecular weight excluding hydrogens is 439 g/mol. The van der Waals surface area contributed by atoms with E-state index >= 15 is 0 Å². The second-order valence-electron chi connectivity index (χ2n) is 6.53. The Labute approximate surface area is 187 Å². The van der Waals surface area contributed by atoms with Crippen molar-refractivity contribution in [2.24, 2.45) is 0 Å². The minimum Gasteiger partial charge on any atom is -0.495 e. The molecule has 0 saturated heterocycles. The van der Waals surface area contributed by atoms with Crippen molar-refractivity contribution in [2.45, 2.75) is 0 Å². The number of hydrogen-bond acceptors (Lipinski definition) is 5. The molecule has 154 valence electrons. The number of rotatable bonds is 4. The Balaban J connectivity index is 1.85. The van der Waals surface area contributed by atoms with E-state index in [0.29, 0.717) is 54.9 Å². The first kappa shape index (κ1) is 20.5. The van der Waals surface area contributed by atoms with E-state index in [1.165, 1.54) is 19.5 Å². The van der Waals surface area contributed by atoms with Crippen LogP contribution in [-0.4, -0.2) is 27.9 Å². The van der Waals surface area contributed by atoms with Gasteiger partial charge in [0.1, 0.15) is 11.8 Å². The second-order valence-corrected chi connectivity index (χ2v) is 7.34. The average molecular weight is 453 g/mol. The minimum atomic E-state index is -1.08. The van der Waals surface area contributed by atoms with E-state index in [-0.39, 0.29) is 0 Å². The predicted octanol–water partition coefficient (Wildman–Crippen LogP) is 6.16. The maximum atomic E-state index is 11.4. The summed E-state index contributed by atoms with van der Waals surface area (Å²) < 4.78 is 6.38. The number of halogens is 2. The molecule has 0 saturated carbocycles. The number of ether oxygens (including phenoxy) is 1. The molecule has 0 radical (unpaired) electrons. The smallest absolute Gasteiger partial charge is 0.415 e. The largest absolute Gasteiger partial charge is 0.495 e. The number of hydrogen-bond donors (Lipinski definition) is 2. The first-order valence-electron chi connectivity index (χ1n) is 8.97. The van der Waals surface area contributed by atoms with Crippen molar-refractivity contribution in [3.8, 4) is 23.1 Å². The van der Waals surface area contributed by atoms with Crippen LogP contribution in [0, 0.1) is 11.3 Å². The van der Waals surface area contributed by atoms with Crippen LogP contribution in [0.4, 0.5) is 16.2 Å². The number of anilines is 2. The molecule has 4 rings (SSSR count). The number of carbonyl (C=O) groups is 1. The Bertz CT molecular complexity index is 1380. The van der Waals surface area contributed by atoms with Crippen molar-refractivity contribution in [1.29, 1.82) is 5.26 Å². The number of carboxylic acid groups (broad SMARTS) is 1. The van der Waals surface area contributed by atoms with E-state index in [1.54, 1.807) is 42.5 Å². The zero-order valence-corrected chi connectivity index (χ0v) is 17.6. The number of aromatic nitrogens is 2. The average Bonchev–Trinajstić information content (AvgIpc) is 3.25. The zero-order chi connectivity index (χ0) is 22.1. The molecule has 2 aromatic heterocycles. The number of nitrogens with zero attached hydrogens (tertiary/aromatic N) is 3. The minimum absolute atomic E-state index is 0.319. The van der Waals surface area contributed by atoms with Crippen LogP contribution in [0.15, 0.2) is 54.9 Å². The lowest BCUT2D eigenvalue weighted by atomic mass is 10.0. The van der Waals surface area contributed by atoms with Crippen LogP contribution in [0.1, 0.15) is 5.56 Å². The van der Waals surface area contributed by atoms with Gasteiger partial charge in [0.05, 0.1) is 45.3 Å². The van der Waals surface area contributed by atoms with Crippen molar-refractivity contribution in [3.63, 3.8) is 0 Å². The molecule has 0 aliphatic carbocycles. The van der Waals surface area contributed by atoms with Crippen LogP contribution >= 0.6 is 23.2 Å². The van der Waals surface area contributed by atoms with Crippen LogP contribution < -0.4 is 10.1 Å². The highest BCUT2D eigenvalue weighted by Crippen LogP contribution is 2.38. The van der Waals surface area contributed by atoms with E-state index in [0.717, 1.165) is 4.57 Å². The summed E-state index contributed by atoms with van der Waals surface area (Å²) in [4.78, 5) is 15.8. The lowest BCUT2D eigenvalue weighted by Crippen LogP contribution is -2.07. The van der Waals surface area contributed by atoms with Gasteiger partial charge in [-0.1, -0.05) is 29.3 Å². The molecule has 9 heteroatoms. The summed E-state index contributed by atoms with van der Waals surface area (Å²) in [6.07, 6.45) is 1.84. The van der Waals surface area contributed by atoms with E-state index < -0.39 is 6.09 Å². The summed E-state index contributed by atoms with van der Waals surface area (Å²) in [5.41, 5.74) is 3.11. The van der Waals surface area contributed by atoms with E-state index in [1.807, 2.05) is 0 Å². The van der Waals surface area contributed by atoms with Gasteiger partial charge < -0.3 is 15.2 Å². The Morgan fingerprint density at radius 2 is 2.03 bits per heavy atom. The number of fused-ring (bicyclic) bond motifs is 1. The zero-order valence-electron chi connectivity index (χ0n) is 16.1. The van der Waals surface area contributed by atoms with Crippen LogP contribution in [0.5, 0.6) is 5.75 Å². The molecule has 4 aromatic rings. The van der Waals surface area contributed by atoms with E-state index in [4.69, 9.17) is 27.9 Å². The highest BCUT2D eigenvalue weighted by Gasteiger charge is 2.15. The third kappa shape index (κ3) is 3.75. The molecule has 2 N–H and O–H groups in total. The molecule has 0 amide bonds. The van der Waals surface area contributed by atoms with Gasteiger partial charge in [-0.2, -0.15) is 5.26 Å². The molecule has 0 fully saturated rings. The van der Waals surface area contributed by atoms with Gasteiger partial charge in [-0.15, -0.1) is 0 Å². The van der Waals surface area contributed by atoms with Gasteiger partial charge in [-0.25, -0.2) is 4.79 Å². The van der Waals surface area contributed by atoms with Crippen LogP contribution in [-0.2, 0) is 0 Å². The number of methoxy groups -OCH3 is 1. The normalized spacial score (nSPS) is 10.6. The molecule has 31 heavy (non-hydrogen) atoms. The Kier molecular flexibility index (Phi) is 5.42. The third-order valence-corrected chi connectivity index (χ3v) is 5.35. The maximum absolute atomic E-state index is 11.4. The highest BCUT2D eigenvalue weighted by molar-refractivity contribution is 6.37. The summed E-state index contributed by atoms with van der Waals surface area (Å²) in [6.45, 7) is 0. The van der Waals surface area contributed by atoms with Gasteiger partial charge in [0.25, 0.3) is 0 Å². The first-order chi connectivity index (χ1) is 14.9. The topological polar surface area (TPSA) is 100 Å². The number of nitriles is 1. The molecule has 2 aromatic carbocycles. The molecule has 0 atom stereocenters. The van der Waals surface area contributed by atoms with Gasteiger partial charge in [0.15, 0.2) is 0 Å². The second kappa shape index (κ2) is 8.19. The van der Waals surface area contributed by atoms with Gasteiger partial charge in [-0.05, 0) is 30.3 Å². The Morgan fingerprint density at radius 3 is 2.74 bits per heavy atom. The fourth-order valence-corrected chi connectivity index (χ4v) is 3.78. The number of nitrogens with one attached hydrogen (secondary N) is 1. The summed E-state index contributed by atoms with van der Waals surface area (Å²) in [5, 5.41) is 23.5. The Hall–Kier alpha value is -3.73. The Morgan fingerprint density at radius 1 is 1.23 bits per heavy atom. The third-order valence-electron chi connectivity index (χ3n) is 4.74. The molecule has 0 aliphatic heterocycles. The van der Waals surface area contributed by atoms with E-state index in [2.05, 4.69) is 16.4 Å². The number of pyridine rings is 1. The molecular formula is C22H14Cl2N4O3. The molecule has 7 nitrogen and oxygen atoms in total. The molecule has 0 spiro atoms. The van der Waals surface area contributed by atoms with Crippen molar-refractivity contribution in [2.75, 3.05) is 12.4 Å². The summed E-state index contributed by atoms with van der Waals surface area (Å²) >= 11 is 12.5. The summed E-state index contributed by atoms with van der Waals surface area (Å²) in [5.74, 6) is 0.433. The molecule has 0 aliphatic rings. The molecule has 2 heterocycles. The SMILES string of the molecule is COc1cc(Nc2c(C#N)cnc3cc(-c4cccn4C(=O)O)ccc23)c(Cl)cc1Cl. The molecule has 0 bridgehead atoms. The maximum Gasteiger partial charge on any atom is 0.415 e. The highest BCUT2D eigenvalue weighted by atomic mass is 35.5.